The summed E-state index contributed by atoms with van der Waals surface area (Å²) in [6.07, 6.45) is 7.46. The summed E-state index contributed by atoms with van der Waals surface area (Å²) < 4.78 is 2.31. The fraction of sp³-hybridized carbons (Fsp3) is 0.571. The van der Waals surface area contributed by atoms with E-state index in [4.69, 9.17) is 0 Å². The van der Waals surface area contributed by atoms with Crippen LogP contribution in [0.4, 0.5) is 0 Å². The zero-order valence-electron chi connectivity index (χ0n) is 11.3. The quantitative estimate of drug-likeness (QED) is 0.932. The SMILES string of the molecule is Cc1nc(CCn2cncc2C2CCNCC2)cs1. The van der Waals surface area contributed by atoms with Gasteiger partial charge < -0.3 is 9.88 Å². The highest BCUT2D eigenvalue weighted by Crippen LogP contribution is 2.25. The molecule has 0 bridgehead atoms. The topological polar surface area (TPSA) is 42.7 Å². The summed E-state index contributed by atoms with van der Waals surface area (Å²) >= 11 is 1.73. The molecule has 0 amide bonds. The Hall–Kier alpha value is -1.20. The molecule has 1 saturated heterocycles. The summed E-state index contributed by atoms with van der Waals surface area (Å²) in [5.74, 6) is 0.668. The van der Waals surface area contributed by atoms with Gasteiger partial charge >= 0.3 is 0 Å². The van der Waals surface area contributed by atoms with Crippen LogP contribution in [-0.4, -0.2) is 27.6 Å². The molecule has 1 aliphatic rings. The van der Waals surface area contributed by atoms with Crippen LogP contribution in [0.3, 0.4) is 0 Å². The van der Waals surface area contributed by atoms with Crippen LogP contribution >= 0.6 is 11.3 Å². The van der Waals surface area contributed by atoms with Crippen LogP contribution in [0.25, 0.3) is 0 Å². The first kappa shape index (κ1) is 12.8. The van der Waals surface area contributed by atoms with E-state index in [1.165, 1.54) is 24.2 Å². The molecule has 2 aromatic rings. The number of imidazole rings is 1. The monoisotopic (exact) mass is 276 g/mol. The lowest BCUT2D eigenvalue weighted by atomic mass is 9.95. The molecule has 0 aromatic carbocycles. The van der Waals surface area contributed by atoms with Gasteiger partial charge in [-0.15, -0.1) is 11.3 Å². The van der Waals surface area contributed by atoms with E-state index in [0.29, 0.717) is 5.92 Å². The number of hydrogen-bond donors (Lipinski definition) is 1. The maximum Gasteiger partial charge on any atom is 0.0948 e. The van der Waals surface area contributed by atoms with Crippen molar-refractivity contribution >= 4 is 11.3 Å². The van der Waals surface area contributed by atoms with Crippen LogP contribution in [0.1, 0.15) is 35.2 Å². The molecule has 4 nitrogen and oxygen atoms in total. The molecule has 1 aliphatic heterocycles. The minimum Gasteiger partial charge on any atom is -0.334 e. The lowest BCUT2D eigenvalue weighted by Gasteiger charge is -2.23. The summed E-state index contributed by atoms with van der Waals surface area (Å²) in [6, 6.07) is 0. The van der Waals surface area contributed by atoms with Gasteiger partial charge in [-0.25, -0.2) is 9.97 Å². The molecule has 3 rings (SSSR count). The normalized spacial score (nSPS) is 16.9. The van der Waals surface area contributed by atoms with Crippen molar-refractivity contribution in [3.05, 3.63) is 34.3 Å². The fourth-order valence-corrected chi connectivity index (χ4v) is 3.38. The number of piperidine rings is 1. The lowest BCUT2D eigenvalue weighted by molar-refractivity contribution is 0.438. The van der Waals surface area contributed by atoms with Gasteiger partial charge in [-0.3, -0.25) is 0 Å². The van der Waals surface area contributed by atoms with Crippen LogP contribution in [0.15, 0.2) is 17.9 Å². The Morgan fingerprint density at radius 2 is 2.26 bits per heavy atom. The Balaban J connectivity index is 1.66. The van der Waals surface area contributed by atoms with E-state index in [1.807, 2.05) is 12.5 Å². The Labute approximate surface area is 117 Å². The molecule has 102 valence electrons. The van der Waals surface area contributed by atoms with E-state index in [2.05, 4.69) is 32.2 Å². The van der Waals surface area contributed by atoms with Gasteiger partial charge in [-0.1, -0.05) is 0 Å². The van der Waals surface area contributed by atoms with E-state index in [-0.39, 0.29) is 0 Å². The zero-order valence-corrected chi connectivity index (χ0v) is 12.1. The predicted molar refractivity (Wildman–Crippen MR) is 77.6 cm³/mol. The van der Waals surface area contributed by atoms with Crippen molar-refractivity contribution in [3.8, 4) is 0 Å². The molecule has 0 spiro atoms. The third-order valence-corrected chi connectivity index (χ3v) is 4.60. The largest absolute Gasteiger partial charge is 0.334 e. The van der Waals surface area contributed by atoms with Crippen molar-refractivity contribution in [2.24, 2.45) is 0 Å². The second-order valence-electron chi connectivity index (χ2n) is 5.14. The highest BCUT2D eigenvalue weighted by atomic mass is 32.1. The number of nitrogens with zero attached hydrogens (tertiary/aromatic N) is 3. The minimum absolute atomic E-state index is 0.668. The third kappa shape index (κ3) is 3.04. The molecule has 1 fully saturated rings. The number of thiazole rings is 1. The second-order valence-corrected chi connectivity index (χ2v) is 6.21. The van der Waals surface area contributed by atoms with E-state index in [9.17, 15) is 0 Å². The molecule has 19 heavy (non-hydrogen) atoms. The summed E-state index contributed by atoms with van der Waals surface area (Å²) in [5.41, 5.74) is 2.60. The van der Waals surface area contributed by atoms with Crippen molar-refractivity contribution in [1.29, 1.82) is 0 Å². The van der Waals surface area contributed by atoms with E-state index in [1.54, 1.807) is 11.3 Å². The standard InChI is InChI=1S/C14H20N4S/c1-11-17-13(9-19-11)4-7-18-10-16-8-14(18)12-2-5-15-6-3-12/h8-10,12,15H,2-7H2,1H3. The summed E-state index contributed by atoms with van der Waals surface area (Å²) in [5, 5.41) is 6.73. The van der Waals surface area contributed by atoms with Crippen molar-refractivity contribution in [2.45, 2.75) is 38.6 Å². The Morgan fingerprint density at radius 1 is 1.42 bits per heavy atom. The van der Waals surface area contributed by atoms with Crippen molar-refractivity contribution in [2.75, 3.05) is 13.1 Å². The van der Waals surface area contributed by atoms with E-state index < -0.39 is 0 Å². The van der Waals surface area contributed by atoms with Gasteiger partial charge in [0.1, 0.15) is 0 Å². The van der Waals surface area contributed by atoms with E-state index in [0.717, 1.165) is 31.1 Å². The van der Waals surface area contributed by atoms with Gasteiger partial charge in [0.15, 0.2) is 0 Å². The van der Waals surface area contributed by atoms with Crippen LogP contribution in [-0.2, 0) is 13.0 Å². The van der Waals surface area contributed by atoms with Crippen LogP contribution in [0.5, 0.6) is 0 Å². The number of nitrogens with one attached hydrogen (secondary N) is 1. The number of rotatable bonds is 4. The van der Waals surface area contributed by atoms with Gasteiger partial charge in [0.05, 0.1) is 17.0 Å². The lowest BCUT2D eigenvalue weighted by Crippen LogP contribution is -2.27. The average molecular weight is 276 g/mol. The van der Waals surface area contributed by atoms with Crippen LogP contribution in [0, 0.1) is 6.92 Å². The minimum atomic E-state index is 0.668. The van der Waals surface area contributed by atoms with Crippen LogP contribution < -0.4 is 5.32 Å². The van der Waals surface area contributed by atoms with Crippen molar-refractivity contribution < 1.29 is 0 Å². The predicted octanol–water partition coefficient (Wildman–Crippen LogP) is 2.36. The Bertz CT molecular complexity index is 525. The Kier molecular flexibility index (Phi) is 3.94. The van der Waals surface area contributed by atoms with Gasteiger partial charge in [0.25, 0.3) is 0 Å². The molecular formula is C14H20N4S. The maximum atomic E-state index is 4.53. The molecule has 0 atom stereocenters. The van der Waals surface area contributed by atoms with Gasteiger partial charge in [0, 0.05) is 36.2 Å². The second kappa shape index (κ2) is 5.84. The Morgan fingerprint density at radius 3 is 3.00 bits per heavy atom. The number of hydrogen-bond acceptors (Lipinski definition) is 4. The first-order chi connectivity index (χ1) is 9.33. The fourth-order valence-electron chi connectivity index (χ4n) is 2.73. The van der Waals surface area contributed by atoms with Gasteiger partial charge in [0.2, 0.25) is 0 Å². The van der Waals surface area contributed by atoms with E-state index >= 15 is 0 Å². The van der Waals surface area contributed by atoms with Gasteiger partial charge in [-0.05, 0) is 32.9 Å². The number of aryl methyl sites for hydroxylation is 3. The average Bonchev–Trinajstić information content (AvgIpc) is 3.06. The molecule has 2 aromatic heterocycles. The summed E-state index contributed by atoms with van der Waals surface area (Å²) in [6.45, 7) is 5.30. The van der Waals surface area contributed by atoms with Crippen molar-refractivity contribution in [1.82, 2.24) is 19.9 Å². The molecule has 0 aliphatic carbocycles. The molecule has 0 radical (unpaired) electrons. The molecule has 0 unspecified atom stereocenters. The first-order valence-electron chi connectivity index (χ1n) is 6.94. The summed E-state index contributed by atoms with van der Waals surface area (Å²) in [4.78, 5) is 8.87. The van der Waals surface area contributed by atoms with Gasteiger partial charge in [-0.2, -0.15) is 0 Å². The first-order valence-corrected chi connectivity index (χ1v) is 7.82. The smallest absolute Gasteiger partial charge is 0.0948 e. The zero-order chi connectivity index (χ0) is 13.1. The molecule has 3 heterocycles. The maximum absolute atomic E-state index is 4.53. The molecule has 0 saturated carbocycles. The molecule has 5 heteroatoms. The third-order valence-electron chi connectivity index (χ3n) is 3.78. The number of aromatic nitrogens is 3. The molecule has 1 N–H and O–H groups in total. The highest BCUT2D eigenvalue weighted by molar-refractivity contribution is 7.09. The molecular weight excluding hydrogens is 256 g/mol. The highest BCUT2D eigenvalue weighted by Gasteiger charge is 2.18. The summed E-state index contributed by atoms with van der Waals surface area (Å²) in [7, 11) is 0. The van der Waals surface area contributed by atoms with Crippen LogP contribution in [0.2, 0.25) is 0 Å². The van der Waals surface area contributed by atoms with Crippen molar-refractivity contribution in [3.63, 3.8) is 0 Å².